The zero-order valence-corrected chi connectivity index (χ0v) is 21.6. The third kappa shape index (κ3) is 6.13. The molecule has 34 heavy (non-hydrogen) atoms. The Morgan fingerprint density at radius 1 is 1.18 bits per heavy atom. The smallest absolute Gasteiger partial charge is 0.337 e. The Hall–Kier alpha value is -2.96. The molecule has 10 heteroatoms. The van der Waals surface area contributed by atoms with E-state index in [2.05, 4.69) is 42.6 Å². The van der Waals surface area contributed by atoms with Gasteiger partial charge in [-0.1, -0.05) is 11.8 Å². The van der Waals surface area contributed by atoms with Gasteiger partial charge in [0.15, 0.2) is 4.34 Å². The maximum absolute atomic E-state index is 12.3. The Bertz CT molecular complexity index is 1390. The quantitative estimate of drug-likeness (QED) is 0.119. The summed E-state index contributed by atoms with van der Waals surface area (Å²) in [6.45, 7) is 0. The molecule has 4 rings (SSSR count). The van der Waals surface area contributed by atoms with Gasteiger partial charge in [-0.2, -0.15) is 0 Å². The van der Waals surface area contributed by atoms with Gasteiger partial charge in [-0.05, 0) is 83.3 Å². The molecule has 0 aliphatic carbocycles. The summed E-state index contributed by atoms with van der Waals surface area (Å²) in [6.07, 6.45) is 1.64. The largest absolute Gasteiger partial charge is 0.507 e. The fourth-order valence-corrected chi connectivity index (χ4v) is 5.36. The number of halogens is 1. The molecule has 0 saturated carbocycles. The molecule has 4 aromatic rings. The number of hydrogen-bond donors (Lipinski definition) is 2. The summed E-state index contributed by atoms with van der Waals surface area (Å²) in [5.74, 6) is -0.210. The number of methoxy groups -OCH3 is 1. The Morgan fingerprint density at radius 2 is 1.97 bits per heavy atom. The van der Waals surface area contributed by atoms with Crippen molar-refractivity contribution in [2.75, 3.05) is 18.2 Å². The molecule has 3 aromatic carbocycles. The highest BCUT2D eigenvalue weighted by Crippen LogP contribution is 2.32. The molecule has 1 aromatic heterocycles. The number of anilines is 1. The van der Waals surface area contributed by atoms with Crippen LogP contribution in [0.25, 0.3) is 10.2 Å². The summed E-state index contributed by atoms with van der Waals surface area (Å²) in [5, 5.41) is 12.8. The van der Waals surface area contributed by atoms with Gasteiger partial charge < -0.3 is 15.2 Å². The van der Waals surface area contributed by atoms with Gasteiger partial charge in [0.2, 0.25) is 5.91 Å². The lowest BCUT2D eigenvalue weighted by Gasteiger charge is -2.05. The van der Waals surface area contributed by atoms with Crippen LogP contribution in [0.4, 0.5) is 11.4 Å². The molecule has 0 aliphatic rings. The Morgan fingerprint density at radius 3 is 2.74 bits per heavy atom. The average molecular weight is 603 g/mol. The molecule has 0 unspecified atom stereocenters. The van der Waals surface area contributed by atoms with Crippen LogP contribution in [-0.4, -0.2) is 41.0 Å². The van der Waals surface area contributed by atoms with E-state index in [4.69, 9.17) is 0 Å². The molecule has 0 saturated heterocycles. The number of carbonyl (C=O) groups is 2. The Balaban J connectivity index is 1.37. The van der Waals surface area contributed by atoms with Gasteiger partial charge in [-0.25, -0.2) is 9.78 Å². The molecule has 0 spiro atoms. The molecule has 7 nitrogen and oxygen atoms in total. The molecule has 0 bridgehead atoms. The van der Waals surface area contributed by atoms with E-state index in [1.54, 1.807) is 36.5 Å². The lowest BCUT2D eigenvalue weighted by molar-refractivity contribution is -0.113. The number of ether oxygens (including phenoxy) is 1. The van der Waals surface area contributed by atoms with Crippen molar-refractivity contribution < 1.29 is 19.4 Å². The van der Waals surface area contributed by atoms with Crippen LogP contribution in [0.2, 0.25) is 0 Å². The van der Waals surface area contributed by atoms with Crippen LogP contribution >= 0.6 is 45.7 Å². The van der Waals surface area contributed by atoms with Gasteiger partial charge in [0, 0.05) is 21.0 Å². The highest BCUT2D eigenvalue weighted by Gasteiger charge is 2.10. The second-order valence-corrected chi connectivity index (χ2v) is 10.5. The minimum Gasteiger partial charge on any atom is -0.507 e. The number of amides is 1. The number of phenolic OH excluding ortho intramolecular Hbond substituents is 1. The molecule has 0 fully saturated rings. The number of aromatic hydroxyl groups is 1. The van der Waals surface area contributed by atoms with E-state index in [0.29, 0.717) is 16.8 Å². The van der Waals surface area contributed by atoms with Crippen molar-refractivity contribution in [3.05, 3.63) is 75.4 Å². The molecule has 0 atom stereocenters. The number of esters is 1. The second kappa shape index (κ2) is 11.0. The topological polar surface area (TPSA) is 101 Å². The number of nitrogens with one attached hydrogen (secondary N) is 1. The zero-order valence-electron chi connectivity index (χ0n) is 17.8. The van der Waals surface area contributed by atoms with Crippen molar-refractivity contribution in [2.45, 2.75) is 4.34 Å². The van der Waals surface area contributed by atoms with Gasteiger partial charge >= 0.3 is 5.97 Å². The summed E-state index contributed by atoms with van der Waals surface area (Å²) in [6, 6.07) is 17.5. The monoisotopic (exact) mass is 603 g/mol. The predicted octanol–water partition coefficient (Wildman–Crippen LogP) is 5.87. The average Bonchev–Trinajstić information content (AvgIpc) is 3.25. The number of aliphatic imine (C=N–C) groups is 1. The minimum atomic E-state index is -0.425. The van der Waals surface area contributed by atoms with E-state index in [-0.39, 0.29) is 17.4 Å². The van der Waals surface area contributed by atoms with Crippen LogP contribution in [-0.2, 0) is 9.53 Å². The number of phenols is 1. The van der Waals surface area contributed by atoms with Gasteiger partial charge in [-0.15, -0.1) is 11.3 Å². The summed E-state index contributed by atoms with van der Waals surface area (Å²) < 4.78 is 7.42. The molecular formula is C24H18IN3O4S2. The number of thiazole rings is 1. The molecular weight excluding hydrogens is 585 g/mol. The first-order valence-corrected chi connectivity index (χ1v) is 12.8. The summed E-state index contributed by atoms with van der Waals surface area (Å²) >= 11 is 5.03. The van der Waals surface area contributed by atoms with E-state index < -0.39 is 5.97 Å². The van der Waals surface area contributed by atoms with Gasteiger partial charge in [0.05, 0.1) is 34.3 Å². The van der Waals surface area contributed by atoms with Crippen molar-refractivity contribution in [2.24, 2.45) is 4.99 Å². The van der Waals surface area contributed by atoms with Gasteiger partial charge in [-0.3, -0.25) is 9.79 Å². The number of carbonyl (C=O) groups excluding carboxylic acids is 2. The number of fused-ring (bicyclic) bond motifs is 1. The van der Waals surface area contributed by atoms with Gasteiger partial charge in [0.1, 0.15) is 5.75 Å². The number of hydrogen-bond acceptors (Lipinski definition) is 8. The first-order valence-electron chi connectivity index (χ1n) is 9.95. The first kappa shape index (κ1) is 24.2. The van der Waals surface area contributed by atoms with Crippen LogP contribution in [0, 0.1) is 3.57 Å². The second-order valence-electron chi connectivity index (χ2n) is 7.00. The normalized spacial score (nSPS) is 11.1. The van der Waals surface area contributed by atoms with Crippen molar-refractivity contribution in [1.29, 1.82) is 0 Å². The van der Waals surface area contributed by atoms with Crippen molar-refractivity contribution >= 4 is 85.4 Å². The third-order valence-electron chi connectivity index (χ3n) is 4.61. The molecule has 1 amide bonds. The highest BCUT2D eigenvalue weighted by atomic mass is 127. The van der Waals surface area contributed by atoms with E-state index in [0.717, 1.165) is 23.8 Å². The fourth-order valence-electron chi connectivity index (χ4n) is 2.94. The van der Waals surface area contributed by atoms with Crippen LogP contribution in [0.1, 0.15) is 15.9 Å². The van der Waals surface area contributed by atoms with Crippen molar-refractivity contribution in [3.63, 3.8) is 0 Å². The summed E-state index contributed by atoms with van der Waals surface area (Å²) in [4.78, 5) is 32.9. The number of nitrogens with zero attached hydrogens (tertiary/aromatic N) is 2. The van der Waals surface area contributed by atoms with E-state index in [9.17, 15) is 14.7 Å². The molecule has 0 radical (unpaired) electrons. The lowest BCUT2D eigenvalue weighted by atomic mass is 10.2. The Kier molecular flexibility index (Phi) is 7.80. The van der Waals surface area contributed by atoms with Crippen molar-refractivity contribution in [1.82, 2.24) is 4.98 Å². The minimum absolute atomic E-state index is 0.169. The Labute approximate surface area is 217 Å². The summed E-state index contributed by atoms with van der Waals surface area (Å²) in [5.41, 5.74) is 3.26. The molecule has 172 valence electrons. The fraction of sp³-hybridized carbons (Fsp3) is 0.0833. The molecule has 1 heterocycles. The predicted molar refractivity (Wildman–Crippen MR) is 145 cm³/mol. The van der Waals surface area contributed by atoms with Crippen LogP contribution < -0.4 is 5.32 Å². The number of thioether (sulfide) groups is 1. The number of aromatic nitrogens is 1. The summed E-state index contributed by atoms with van der Waals surface area (Å²) in [7, 11) is 1.32. The van der Waals surface area contributed by atoms with E-state index >= 15 is 0 Å². The number of benzene rings is 3. The van der Waals surface area contributed by atoms with Crippen molar-refractivity contribution in [3.8, 4) is 5.75 Å². The maximum atomic E-state index is 12.3. The van der Waals surface area contributed by atoms with E-state index in [1.807, 2.05) is 30.3 Å². The van der Waals surface area contributed by atoms with Gasteiger partial charge in [0.25, 0.3) is 0 Å². The molecule has 0 aliphatic heterocycles. The van der Waals surface area contributed by atoms with Crippen LogP contribution in [0.3, 0.4) is 0 Å². The standard InChI is InChI=1S/C24H18IN3O4S2/c1-32-23(31)14-2-5-17(6-3-14)27-22(30)13-33-24-28-19-8-7-18(11-21(19)34-24)26-12-15-10-16(25)4-9-20(15)29/h2-12,29H,13H2,1H3,(H,27,30). The maximum Gasteiger partial charge on any atom is 0.337 e. The van der Waals surface area contributed by atoms with E-state index in [1.165, 1.54) is 30.2 Å². The first-order chi connectivity index (χ1) is 16.4. The SMILES string of the molecule is COC(=O)c1ccc(NC(=O)CSc2nc3ccc(N=Cc4cc(I)ccc4O)cc3s2)cc1. The highest BCUT2D eigenvalue weighted by molar-refractivity contribution is 14.1. The number of rotatable bonds is 7. The third-order valence-corrected chi connectivity index (χ3v) is 7.44. The van der Waals surface area contributed by atoms with Crippen LogP contribution in [0.15, 0.2) is 70.0 Å². The lowest BCUT2D eigenvalue weighted by Crippen LogP contribution is -2.14. The molecule has 2 N–H and O–H groups in total. The zero-order chi connectivity index (χ0) is 24.1. The van der Waals surface area contributed by atoms with Crippen LogP contribution in [0.5, 0.6) is 5.75 Å².